The molecule has 1 rings (SSSR count). The minimum Gasteiger partial charge on any atom is -0.399 e. The van der Waals surface area contributed by atoms with Crippen molar-refractivity contribution >= 4 is 5.69 Å². The summed E-state index contributed by atoms with van der Waals surface area (Å²) in [5.74, 6) is -2.24. The van der Waals surface area contributed by atoms with E-state index in [1.54, 1.807) is 0 Å². The van der Waals surface area contributed by atoms with Gasteiger partial charge in [-0.25, -0.2) is 8.78 Å². The maximum absolute atomic E-state index is 12.3. The summed E-state index contributed by atoms with van der Waals surface area (Å²) in [5.41, 5.74) is 5.04. The predicted molar refractivity (Wildman–Crippen MR) is 30.8 cm³/mol. The fourth-order valence-corrected chi connectivity index (χ4v) is 0.464. The molecule has 0 radical (unpaired) electrons. The van der Waals surface area contributed by atoms with Crippen LogP contribution in [0, 0.1) is 11.6 Å². The van der Waals surface area contributed by atoms with Gasteiger partial charge in [0.15, 0.2) is 11.6 Å². The molecule has 48 valence electrons. The summed E-state index contributed by atoms with van der Waals surface area (Å²) in [6.45, 7) is 0. The molecule has 2 N–H and O–H groups in total. The highest BCUT2D eigenvalue weighted by Gasteiger charge is 1.97. The molecule has 0 saturated carbocycles. The van der Waals surface area contributed by atoms with Crippen molar-refractivity contribution in [2.75, 3.05) is 5.73 Å². The predicted octanol–water partition coefficient (Wildman–Crippen LogP) is 1.55. The van der Waals surface area contributed by atoms with Gasteiger partial charge in [-0.05, 0) is 18.2 Å². The maximum atomic E-state index is 12.3. The highest BCUT2D eigenvalue weighted by atomic mass is 19.2. The lowest BCUT2D eigenvalue weighted by Crippen LogP contribution is -1.88. The Kier molecular flexibility index (Phi) is 1.06. The van der Waals surface area contributed by atoms with E-state index in [-0.39, 0.29) is 5.69 Å². The molecule has 0 spiro atoms. The zero-order chi connectivity index (χ0) is 7.72. The van der Waals surface area contributed by atoms with Crippen molar-refractivity contribution in [2.24, 2.45) is 0 Å². The van der Waals surface area contributed by atoms with Crippen molar-refractivity contribution in [2.45, 2.75) is 0 Å². The topological polar surface area (TPSA) is 26.0 Å². The second-order valence-electron chi connectivity index (χ2n) is 1.58. The van der Waals surface area contributed by atoms with Crippen LogP contribution >= 0.6 is 0 Å². The van der Waals surface area contributed by atoms with Crippen LogP contribution in [-0.2, 0) is 0 Å². The number of hydrogen-bond donors (Lipinski definition) is 1. The van der Waals surface area contributed by atoms with Crippen molar-refractivity contribution in [3.8, 4) is 0 Å². The molecule has 3 heteroatoms. The van der Waals surface area contributed by atoms with E-state index in [2.05, 4.69) is 0 Å². The second kappa shape index (κ2) is 2.01. The minimum absolute atomic E-state index is 0.0566. The van der Waals surface area contributed by atoms with E-state index in [0.717, 1.165) is 12.1 Å². The summed E-state index contributed by atoms with van der Waals surface area (Å²) in [5, 5.41) is 0. The monoisotopic (exact) mass is 130 g/mol. The first-order valence-corrected chi connectivity index (χ1v) is 2.33. The Morgan fingerprint density at radius 1 is 1.33 bits per heavy atom. The summed E-state index contributed by atoms with van der Waals surface area (Å²) >= 11 is 0. The number of nitrogen functional groups attached to an aromatic ring is 1. The molecule has 0 aromatic heterocycles. The smallest absolute Gasteiger partial charge is 0.160 e. The van der Waals surface area contributed by atoms with E-state index in [9.17, 15) is 8.78 Å². The number of halogens is 2. The quantitative estimate of drug-likeness (QED) is 0.530. The lowest BCUT2D eigenvalue weighted by atomic mass is 10.3. The van der Waals surface area contributed by atoms with Gasteiger partial charge in [-0.15, -0.1) is 0 Å². The van der Waals surface area contributed by atoms with Crippen molar-refractivity contribution in [1.82, 2.24) is 0 Å². The summed E-state index contributed by atoms with van der Waals surface area (Å²) in [7, 11) is 0. The van der Waals surface area contributed by atoms with Crippen molar-refractivity contribution in [1.29, 1.82) is 0 Å². The number of benzene rings is 1. The van der Waals surface area contributed by atoms with E-state index in [4.69, 9.17) is 7.10 Å². The van der Waals surface area contributed by atoms with E-state index in [0.29, 0.717) is 0 Å². The third-order valence-electron chi connectivity index (χ3n) is 0.873. The van der Waals surface area contributed by atoms with Gasteiger partial charge in [-0.1, -0.05) is 0 Å². The van der Waals surface area contributed by atoms with Crippen LogP contribution < -0.4 is 5.73 Å². The molecule has 0 heterocycles. The van der Waals surface area contributed by atoms with E-state index < -0.39 is 17.7 Å². The zero-order valence-corrected chi connectivity index (χ0v) is 4.49. The lowest BCUT2D eigenvalue weighted by Gasteiger charge is -1.91. The van der Waals surface area contributed by atoms with Crippen LogP contribution in [0.2, 0.25) is 0 Å². The van der Waals surface area contributed by atoms with Gasteiger partial charge in [0.05, 0.1) is 1.37 Å². The highest BCUT2D eigenvalue weighted by Crippen LogP contribution is 2.08. The first-order valence-electron chi connectivity index (χ1n) is 2.83. The molecule has 0 amide bonds. The SMILES string of the molecule is [2H]c1c(N)ccc(F)c1F. The molecule has 1 aromatic rings. The van der Waals surface area contributed by atoms with Crippen LogP contribution in [0.25, 0.3) is 0 Å². The molecule has 9 heavy (non-hydrogen) atoms. The molecule has 1 aromatic carbocycles. The van der Waals surface area contributed by atoms with Crippen molar-refractivity contribution in [3.05, 3.63) is 29.8 Å². The normalized spacial score (nSPS) is 11.1. The molecule has 0 aliphatic rings. The Bertz CT molecular complexity index is 235. The fraction of sp³-hybridized carbons (Fsp3) is 0. The maximum Gasteiger partial charge on any atom is 0.160 e. The number of anilines is 1. The van der Waals surface area contributed by atoms with Crippen LogP contribution in [0.4, 0.5) is 14.5 Å². The zero-order valence-electron chi connectivity index (χ0n) is 5.49. The van der Waals surface area contributed by atoms with Crippen LogP contribution in [-0.4, -0.2) is 0 Å². The van der Waals surface area contributed by atoms with Gasteiger partial charge in [0.2, 0.25) is 0 Å². The van der Waals surface area contributed by atoms with Crippen LogP contribution in [0.3, 0.4) is 0 Å². The molecule has 0 unspecified atom stereocenters. The first-order chi connectivity index (χ1) is 4.63. The largest absolute Gasteiger partial charge is 0.399 e. The average molecular weight is 130 g/mol. The summed E-state index contributed by atoms with van der Waals surface area (Å²) in [4.78, 5) is 0. The summed E-state index contributed by atoms with van der Waals surface area (Å²) < 4.78 is 31.4. The fourth-order valence-electron chi connectivity index (χ4n) is 0.464. The molecule has 0 fully saturated rings. The van der Waals surface area contributed by atoms with E-state index >= 15 is 0 Å². The van der Waals surface area contributed by atoms with Crippen molar-refractivity contribution < 1.29 is 10.2 Å². The number of rotatable bonds is 0. The molecular weight excluding hydrogens is 124 g/mol. The molecule has 1 nitrogen and oxygen atoms in total. The minimum atomic E-state index is -1.19. The number of nitrogens with two attached hydrogens (primary N) is 1. The van der Waals surface area contributed by atoms with Gasteiger partial charge in [0.25, 0.3) is 0 Å². The summed E-state index contributed by atoms with van der Waals surface area (Å²) in [6, 6.07) is 1.46. The Labute approximate surface area is 52.5 Å². The molecule has 0 saturated heterocycles. The van der Waals surface area contributed by atoms with E-state index in [1.807, 2.05) is 0 Å². The molecule has 0 atom stereocenters. The Morgan fingerprint density at radius 3 is 2.56 bits per heavy atom. The van der Waals surface area contributed by atoms with Gasteiger partial charge in [0.1, 0.15) is 0 Å². The van der Waals surface area contributed by atoms with Gasteiger partial charge >= 0.3 is 0 Å². The van der Waals surface area contributed by atoms with Crippen LogP contribution in [0.5, 0.6) is 0 Å². The second-order valence-corrected chi connectivity index (χ2v) is 1.58. The Balaban J connectivity index is 3.34. The van der Waals surface area contributed by atoms with Crippen LogP contribution in [0.1, 0.15) is 1.37 Å². The van der Waals surface area contributed by atoms with E-state index in [1.165, 1.54) is 0 Å². The van der Waals surface area contributed by atoms with Crippen molar-refractivity contribution in [3.63, 3.8) is 0 Å². The lowest BCUT2D eigenvalue weighted by molar-refractivity contribution is 0.509. The van der Waals surface area contributed by atoms with Gasteiger partial charge < -0.3 is 5.73 Å². The first kappa shape index (κ1) is 4.73. The standard InChI is InChI=1S/C6H5F2N/c7-5-2-1-4(9)3-6(5)8/h1-3H,9H2/i3D. The third kappa shape index (κ3) is 1.16. The summed E-state index contributed by atoms with van der Waals surface area (Å²) in [6.07, 6.45) is 0. The highest BCUT2D eigenvalue weighted by molar-refractivity contribution is 5.37. The molecule has 0 aliphatic carbocycles. The van der Waals surface area contributed by atoms with Crippen LogP contribution in [0.15, 0.2) is 18.2 Å². The van der Waals surface area contributed by atoms with Gasteiger partial charge in [-0.3, -0.25) is 0 Å². The average Bonchev–Trinajstić information content (AvgIpc) is 1.93. The molecular formula is C6H5F2N. The molecule has 0 bridgehead atoms. The Hall–Kier alpha value is -1.12. The van der Waals surface area contributed by atoms with Gasteiger partial charge in [-0.2, -0.15) is 0 Å². The Morgan fingerprint density at radius 2 is 2.00 bits per heavy atom. The molecule has 0 aliphatic heterocycles. The number of hydrogen-bond acceptors (Lipinski definition) is 1. The third-order valence-corrected chi connectivity index (χ3v) is 0.873. The van der Waals surface area contributed by atoms with Gasteiger partial charge in [0, 0.05) is 5.69 Å².